The molecule has 162 valence electrons. The molecule has 33 heavy (non-hydrogen) atoms. The van der Waals surface area contributed by atoms with Gasteiger partial charge in [-0.1, -0.05) is 54.1 Å². The minimum absolute atomic E-state index is 0.0660. The van der Waals surface area contributed by atoms with E-state index in [2.05, 4.69) is 5.32 Å². The first-order valence-corrected chi connectivity index (χ1v) is 10.4. The van der Waals surface area contributed by atoms with E-state index in [4.69, 9.17) is 21.4 Å². The second kappa shape index (κ2) is 9.86. The maximum absolute atomic E-state index is 12.9. The largest absolute Gasteiger partial charge is 0.495 e. The number of hydrogen-bond donors (Lipinski definition) is 1. The van der Waals surface area contributed by atoms with Crippen molar-refractivity contribution < 1.29 is 9.53 Å². The van der Waals surface area contributed by atoms with Crippen LogP contribution in [0.15, 0.2) is 90.6 Å². The minimum atomic E-state index is -0.545. The van der Waals surface area contributed by atoms with Gasteiger partial charge in [0.25, 0.3) is 5.91 Å². The zero-order valence-corrected chi connectivity index (χ0v) is 18.5. The molecule has 0 spiro atoms. The van der Waals surface area contributed by atoms with Gasteiger partial charge in [-0.15, -0.1) is 0 Å². The smallest absolute Gasteiger partial charge is 0.266 e. The van der Waals surface area contributed by atoms with Crippen molar-refractivity contribution in [3.05, 3.63) is 101 Å². The molecule has 1 aromatic heterocycles. The van der Waals surface area contributed by atoms with E-state index in [1.165, 1.54) is 13.2 Å². The summed E-state index contributed by atoms with van der Waals surface area (Å²) in [6.45, 7) is 0. The van der Waals surface area contributed by atoms with Crippen LogP contribution in [0.3, 0.4) is 0 Å². The van der Waals surface area contributed by atoms with Crippen LogP contribution in [0, 0.1) is 11.3 Å². The maximum Gasteiger partial charge on any atom is 0.266 e. The van der Waals surface area contributed by atoms with E-state index in [-0.39, 0.29) is 5.57 Å². The number of nitrogens with one attached hydrogen (secondary N) is 1. The molecule has 0 radical (unpaired) electrons. The van der Waals surface area contributed by atoms with Crippen molar-refractivity contribution in [1.29, 1.82) is 5.26 Å². The van der Waals surface area contributed by atoms with Gasteiger partial charge < -0.3 is 10.1 Å². The van der Waals surface area contributed by atoms with Crippen LogP contribution in [0.1, 0.15) is 5.56 Å². The number of aromatic nitrogens is 2. The van der Waals surface area contributed by atoms with Crippen molar-refractivity contribution >= 4 is 29.3 Å². The highest BCUT2D eigenvalue weighted by molar-refractivity contribution is 6.30. The highest BCUT2D eigenvalue weighted by atomic mass is 35.5. The summed E-state index contributed by atoms with van der Waals surface area (Å²) in [5, 5.41) is 17.8. The third-order valence-corrected chi connectivity index (χ3v) is 5.15. The fourth-order valence-corrected chi connectivity index (χ4v) is 3.41. The molecule has 0 saturated carbocycles. The number of halogens is 1. The van der Waals surface area contributed by atoms with Gasteiger partial charge in [-0.2, -0.15) is 10.4 Å². The monoisotopic (exact) mass is 454 g/mol. The second-order valence-electron chi connectivity index (χ2n) is 7.04. The van der Waals surface area contributed by atoms with Gasteiger partial charge in [0.15, 0.2) is 0 Å². The average molecular weight is 455 g/mol. The molecule has 0 fully saturated rings. The number of carbonyl (C=O) groups excluding carboxylic acids is 1. The second-order valence-corrected chi connectivity index (χ2v) is 7.48. The van der Waals surface area contributed by atoms with Crippen LogP contribution in [-0.4, -0.2) is 22.8 Å². The lowest BCUT2D eigenvalue weighted by molar-refractivity contribution is -0.112. The van der Waals surface area contributed by atoms with Gasteiger partial charge in [-0.05, 0) is 42.5 Å². The van der Waals surface area contributed by atoms with Crippen molar-refractivity contribution in [3.63, 3.8) is 0 Å². The minimum Gasteiger partial charge on any atom is -0.495 e. The van der Waals surface area contributed by atoms with Gasteiger partial charge in [0.05, 0.1) is 24.2 Å². The zero-order chi connectivity index (χ0) is 23.2. The molecule has 1 amide bonds. The summed E-state index contributed by atoms with van der Waals surface area (Å²) >= 11 is 6.05. The number of methoxy groups -OCH3 is 1. The Hall–Kier alpha value is -4.34. The molecule has 0 aliphatic heterocycles. The summed E-state index contributed by atoms with van der Waals surface area (Å²) < 4.78 is 6.99. The van der Waals surface area contributed by atoms with Crippen LogP contribution in [0.4, 0.5) is 5.69 Å². The molecule has 0 unspecified atom stereocenters. The third-order valence-electron chi connectivity index (χ3n) is 4.90. The van der Waals surface area contributed by atoms with Gasteiger partial charge in [-0.3, -0.25) is 4.79 Å². The molecular formula is C26H19ClN4O2. The number of hydrogen-bond acceptors (Lipinski definition) is 4. The van der Waals surface area contributed by atoms with Crippen molar-refractivity contribution in [2.75, 3.05) is 12.4 Å². The number of nitriles is 1. The van der Waals surface area contributed by atoms with Crippen LogP contribution >= 0.6 is 11.6 Å². The molecule has 0 aliphatic carbocycles. The number of ether oxygens (including phenoxy) is 1. The highest BCUT2D eigenvalue weighted by Gasteiger charge is 2.16. The standard InChI is InChI=1S/C26H19ClN4O2/c1-33-24-10-6-5-9-23(24)29-26(32)19(16-28)15-20-17-31(22-7-3-2-4-8-22)30-25(20)18-11-13-21(27)14-12-18/h2-15,17H,1H3,(H,29,32). The first-order chi connectivity index (χ1) is 16.1. The lowest BCUT2D eigenvalue weighted by atomic mass is 10.1. The Kier molecular flexibility index (Phi) is 6.53. The zero-order valence-electron chi connectivity index (χ0n) is 17.7. The average Bonchev–Trinajstić information content (AvgIpc) is 3.27. The molecule has 0 aliphatic rings. The molecule has 0 saturated heterocycles. The quantitative estimate of drug-likeness (QED) is 0.297. The number of benzene rings is 3. The fraction of sp³-hybridized carbons (Fsp3) is 0.0385. The number of nitrogens with zero attached hydrogens (tertiary/aromatic N) is 3. The summed E-state index contributed by atoms with van der Waals surface area (Å²) in [7, 11) is 1.52. The Labute approximate surface area is 196 Å². The van der Waals surface area contributed by atoms with Crippen LogP contribution < -0.4 is 10.1 Å². The lowest BCUT2D eigenvalue weighted by Crippen LogP contribution is -2.14. The van der Waals surface area contributed by atoms with Crippen molar-refractivity contribution in [1.82, 2.24) is 9.78 Å². The molecule has 4 rings (SSSR count). The van der Waals surface area contributed by atoms with E-state index in [1.54, 1.807) is 47.3 Å². The summed E-state index contributed by atoms with van der Waals surface area (Å²) in [5.74, 6) is -0.0431. The Morgan fingerprint density at radius 3 is 2.45 bits per heavy atom. The molecular weight excluding hydrogens is 436 g/mol. The number of para-hydroxylation sites is 3. The van der Waals surface area contributed by atoms with E-state index in [0.717, 1.165) is 11.3 Å². The topological polar surface area (TPSA) is 79.9 Å². The molecule has 7 heteroatoms. The van der Waals surface area contributed by atoms with E-state index in [9.17, 15) is 10.1 Å². The van der Waals surface area contributed by atoms with E-state index < -0.39 is 5.91 Å². The predicted octanol–water partition coefficient (Wildman–Crippen LogP) is 5.75. The summed E-state index contributed by atoms with van der Waals surface area (Å²) in [5.41, 5.74) is 3.31. The molecule has 1 heterocycles. The number of amides is 1. The van der Waals surface area contributed by atoms with Crippen molar-refractivity contribution in [3.8, 4) is 28.8 Å². The fourth-order valence-electron chi connectivity index (χ4n) is 3.28. The number of rotatable bonds is 6. The summed E-state index contributed by atoms with van der Waals surface area (Å²) in [4.78, 5) is 12.9. The van der Waals surface area contributed by atoms with Crippen LogP contribution in [-0.2, 0) is 4.79 Å². The summed E-state index contributed by atoms with van der Waals surface area (Å²) in [6, 6.07) is 25.8. The van der Waals surface area contributed by atoms with Crippen LogP contribution in [0.2, 0.25) is 5.02 Å². The normalized spacial score (nSPS) is 11.0. The molecule has 6 nitrogen and oxygen atoms in total. The maximum atomic E-state index is 12.9. The highest BCUT2D eigenvalue weighted by Crippen LogP contribution is 2.28. The van der Waals surface area contributed by atoms with E-state index >= 15 is 0 Å². The molecule has 0 atom stereocenters. The van der Waals surface area contributed by atoms with Gasteiger partial charge in [0.1, 0.15) is 17.4 Å². The Bertz CT molecular complexity index is 1350. The first kappa shape index (κ1) is 21.9. The Balaban J connectivity index is 1.75. The Morgan fingerprint density at radius 2 is 1.76 bits per heavy atom. The van der Waals surface area contributed by atoms with Crippen molar-refractivity contribution in [2.24, 2.45) is 0 Å². The van der Waals surface area contributed by atoms with Crippen molar-refractivity contribution in [2.45, 2.75) is 0 Å². The molecule has 1 N–H and O–H groups in total. The van der Waals surface area contributed by atoms with Gasteiger partial charge in [0.2, 0.25) is 0 Å². The molecule has 4 aromatic rings. The van der Waals surface area contributed by atoms with Gasteiger partial charge in [0, 0.05) is 22.3 Å². The van der Waals surface area contributed by atoms with Crippen LogP contribution in [0.5, 0.6) is 5.75 Å². The number of anilines is 1. The van der Waals surface area contributed by atoms with Gasteiger partial charge in [-0.25, -0.2) is 4.68 Å². The lowest BCUT2D eigenvalue weighted by Gasteiger charge is -2.09. The first-order valence-electron chi connectivity index (χ1n) is 10.1. The number of carbonyl (C=O) groups is 1. The van der Waals surface area contributed by atoms with Gasteiger partial charge >= 0.3 is 0 Å². The van der Waals surface area contributed by atoms with E-state index in [1.807, 2.05) is 48.5 Å². The molecule has 3 aromatic carbocycles. The van der Waals surface area contributed by atoms with Crippen LogP contribution in [0.25, 0.3) is 23.0 Å². The molecule has 0 bridgehead atoms. The summed E-state index contributed by atoms with van der Waals surface area (Å²) in [6.07, 6.45) is 3.31. The van der Waals surface area contributed by atoms with E-state index in [0.29, 0.717) is 27.7 Å². The predicted molar refractivity (Wildman–Crippen MR) is 129 cm³/mol. The SMILES string of the molecule is COc1ccccc1NC(=O)C(C#N)=Cc1cn(-c2ccccc2)nc1-c1ccc(Cl)cc1. The third kappa shape index (κ3) is 4.95. The Morgan fingerprint density at radius 1 is 1.06 bits per heavy atom.